The number of amides is 1. The molecule has 120 valence electrons. The lowest BCUT2D eigenvalue weighted by Crippen LogP contribution is -2.42. The third kappa shape index (κ3) is 3.21. The molecule has 2 aliphatic rings. The standard InChI is InChI=1S/C16H25N5O/c1-12-18-6-2-15(19-12)20-8-4-14(5-9-20)16(22)21-7-3-13(10-17)11-21/h2,6,13-14H,3-5,7-11,17H2,1H3. The molecule has 0 aliphatic carbocycles. The highest BCUT2D eigenvalue weighted by Gasteiger charge is 2.32. The Bertz CT molecular complexity index is 527. The fraction of sp³-hybridized carbons (Fsp3) is 0.688. The summed E-state index contributed by atoms with van der Waals surface area (Å²) in [6.45, 7) is 6.10. The van der Waals surface area contributed by atoms with E-state index in [4.69, 9.17) is 5.73 Å². The van der Waals surface area contributed by atoms with Crippen molar-refractivity contribution in [3.05, 3.63) is 18.1 Å². The predicted octanol–water partition coefficient (Wildman–Crippen LogP) is 0.809. The van der Waals surface area contributed by atoms with Crippen molar-refractivity contribution in [1.29, 1.82) is 0 Å². The van der Waals surface area contributed by atoms with E-state index in [0.29, 0.717) is 18.4 Å². The first-order valence-electron chi connectivity index (χ1n) is 8.21. The molecular weight excluding hydrogens is 278 g/mol. The number of hydrogen-bond acceptors (Lipinski definition) is 5. The van der Waals surface area contributed by atoms with Gasteiger partial charge in [-0.05, 0) is 44.7 Å². The Morgan fingerprint density at radius 2 is 2.09 bits per heavy atom. The van der Waals surface area contributed by atoms with Gasteiger partial charge in [-0.1, -0.05) is 0 Å². The summed E-state index contributed by atoms with van der Waals surface area (Å²) in [7, 11) is 0. The molecule has 1 amide bonds. The lowest BCUT2D eigenvalue weighted by atomic mass is 9.95. The Morgan fingerprint density at radius 3 is 2.73 bits per heavy atom. The first kappa shape index (κ1) is 15.2. The zero-order valence-corrected chi connectivity index (χ0v) is 13.2. The molecule has 2 fully saturated rings. The molecule has 2 saturated heterocycles. The molecular formula is C16H25N5O. The molecule has 0 saturated carbocycles. The normalized spacial score (nSPS) is 23.1. The predicted molar refractivity (Wildman–Crippen MR) is 85.4 cm³/mol. The maximum Gasteiger partial charge on any atom is 0.225 e. The first-order valence-corrected chi connectivity index (χ1v) is 8.21. The maximum absolute atomic E-state index is 12.6. The minimum absolute atomic E-state index is 0.163. The lowest BCUT2D eigenvalue weighted by Gasteiger charge is -2.33. The second kappa shape index (κ2) is 6.60. The van der Waals surface area contributed by atoms with Crippen LogP contribution in [0.25, 0.3) is 0 Å². The molecule has 0 radical (unpaired) electrons. The van der Waals surface area contributed by atoms with Crippen LogP contribution in [0.4, 0.5) is 5.82 Å². The van der Waals surface area contributed by atoms with Crippen molar-refractivity contribution in [2.75, 3.05) is 37.6 Å². The van der Waals surface area contributed by atoms with Gasteiger partial charge in [0.15, 0.2) is 0 Å². The summed E-state index contributed by atoms with van der Waals surface area (Å²) in [6, 6.07) is 1.95. The van der Waals surface area contributed by atoms with Crippen molar-refractivity contribution in [1.82, 2.24) is 14.9 Å². The quantitative estimate of drug-likeness (QED) is 0.894. The van der Waals surface area contributed by atoms with Gasteiger partial charge in [0, 0.05) is 38.3 Å². The zero-order valence-electron chi connectivity index (χ0n) is 13.2. The van der Waals surface area contributed by atoms with Crippen LogP contribution in [0.2, 0.25) is 0 Å². The van der Waals surface area contributed by atoms with Gasteiger partial charge in [0.05, 0.1) is 0 Å². The average Bonchev–Trinajstić information content (AvgIpc) is 3.03. The van der Waals surface area contributed by atoms with E-state index >= 15 is 0 Å². The highest BCUT2D eigenvalue weighted by atomic mass is 16.2. The zero-order chi connectivity index (χ0) is 15.5. The molecule has 1 aromatic rings. The van der Waals surface area contributed by atoms with Gasteiger partial charge in [0.1, 0.15) is 11.6 Å². The summed E-state index contributed by atoms with van der Waals surface area (Å²) < 4.78 is 0. The topological polar surface area (TPSA) is 75.4 Å². The number of aromatic nitrogens is 2. The fourth-order valence-corrected chi connectivity index (χ4v) is 3.46. The highest BCUT2D eigenvalue weighted by molar-refractivity contribution is 5.79. The van der Waals surface area contributed by atoms with Crippen molar-refractivity contribution in [3.8, 4) is 0 Å². The Labute approximate surface area is 131 Å². The first-order chi connectivity index (χ1) is 10.7. The van der Waals surface area contributed by atoms with Crippen molar-refractivity contribution >= 4 is 11.7 Å². The number of anilines is 1. The van der Waals surface area contributed by atoms with E-state index < -0.39 is 0 Å². The molecule has 3 rings (SSSR count). The van der Waals surface area contributed by atoms with E-state index in [0.717, 1.165) is 57.1 Å². The van der Waals surface area contributed by atoms with E-state index in [1.54, 1.807) is 6.20 Å². The number of nitrogens with two attached hydrogens (primary N) is 1. The number of rotatable bonds is 3. The summed E-state index contributed by atoms with van der Waals surface area (Å²) in [5.41, 5.74) is 5.71. The summed E-state index contributed by atoms with van der Waals surface area (Å²) in [5, 5.41) is 0. The average molecular weight is 303 g/mol. The molecule has 6 nitrogen and oxygen atoms in total. The second-order valence-corrected chi connectivity index (χ2v) is 6.40. The Balaban J connectivity index is 1.54. The minimum atomic E-state index is 0.163. The van der Waals surface area contributed by atoms with E-state index in [-0.39, 0.29) is 5.92 Å². The largest absolute Gasteiger partial charge is 0.356 e. The molecule has 22 heavy (non-hydrogen) atoms. The third-order valence-corrected chi connectivity index (χ3v) is 4.86. The van der Waals surface area contributed by atoms with Gasteiger partial charge in [0.2, 0.25) is 5.91 Å². The number of carbonyl (C=O) groups excluding carboxylic acids is 1. The lowest BCUT2D eigenvalue weighted by molar-refractivity contribution is -0.135. The molecule has 0 spiro atoms. The number of nitrogens with zero attached hydrogens (tertiary/aromatic N) is 4. The summed E-state index contributed by atoms with van der Waals surface area (Å²) in [5.74, 6) is 2.75. The summed E-state index contributed by atoms with van der Waals surface area (Å²) >= 11 is 0. The van der Waals surface area contributed by atoms with Crippen LogP contribution in [-0.4, -0.2) is 53.5 Å². The molecule has 1 atom stereocenters. The van der Waals surface area contributed by atoms with Crippen LogP contribution >= 0.6 is 0 Å². The second-order valence-electron chi connectivity index (χ2n) is 6.40. The number of carbonyl (C=O) groups is 1. The number of hydrogen-bond donors (Lipinski definition) is 1. The van der Waals surface area contributed by atoms with Crippen LogP contribution in [0.1, 0.15) is 25.1 Å². The van der Waals surface area contributed by atoms with Crippen molar-refractivity contribution in [2.24, 2.45) is 17.6 Å². The van der Waals surface area contributed by atoms with Gasteiger partial charge in [-0.15, -0.1) is 0 Å². The van der Waals surface area contributed by atoms with Gasteiger partial charge in [0.25, 0.3) is 0 Å². The molecule has 2 N–H and O–H groups in total. The molecule has 0 bridgehead atoms. The Morgan fingerprint density at radius 1 is 1.32 bits per heavy atom. The summed E-state index contributed by atoms with van der Waals surface area (Å²) in [4.78, 5) is 25.5. The van der Waals surface area contributed by atoms with Crippen LogP contribution < -0.4 is 10.6 Å². The van der Waals surface area contributed by atoms with Gasteiger partial charge < -0.3 is 15.5 Å². The van der Waals surface area contributed by atoms with E-state index in [9.17, 15) is 4.79 Å². The smallest absolute Gasteiger partial charge is 0.225 e. The molecule has 1 aromatic heterocycles. The van der Waals surface area contributed by atoms with Gasteiger partial charge in [-0.25, -0.2) is 9.97 Å². The van der Waals surface area contributed by atoms with Crippen LogP contribution in [0, 0.1) is 18.8 Å². The fourth-order valence-electron chi connectivity index (χ4n) is 3.46. The van der Waals surface area contributed by atoms with E-state index in [2.05, 4.69) is 14.9 Å². The van der Waals surface area contributed by atoms with Gasteiger partial charge in [-0.3, -0.25) is 4.79 Å². The molecule has 2 aliphatic heterocycles. The van der Waals surface area contributed by atoms with Crippen LogP contribution in [0.5, 0.6) is 0 Å². The minimum Gasteiger partial charge on any atom is -0.356 e. The van der Waals surface area contributed by atoms with Crippen LogP contribution in [0.3, 0.4) is 0 Å². The third-order valence-electron chi connectivity index (χ3n) is 4.86. The maximum atomic E-state index is 12.6. The van der Waals surface area contributed by atoms with Crippen LogP contribution in [-0.2, 0) is 4.79 Å². The highest BCUT2D eigenvalue weighted by Crippen LogP contribution is 2.25. The van der Waals surface area contributed by atoms with Crippen molar-refractivity contribution in [3.63, 3.8) is 0 Å². The monoisotopic (exact) mass is 303 g/mol. The number of piperidine rings is 1. The Hall–Kier alpha value is -1.69. The summed E-state index contributed by atoms with van der Waals surface area (Å²) in [6.07, 6.45) is 4.67. The van der Waals surface area contributed by atoms with Crippen molar-refractivity contribution in [2.45, 2.75) is 26.2 Å². The van der Waals surface area contributed by atoms with E-state index in [1.165, 1.54) is 0 Å². The SMILES string of the molecule is Cc1nccc(N2CCC(C(=O)N3CCC(CN)C3)CC2)n1. The molecule has 6 heteroatoms. The number of aryl methyl sites for hydroxylation is 1. The molecule has 0 aromatic carbocycles. The van der Waals surface area contributed by atoms with Gasteiger partial charge in [-0.2, -0.15) is 0 Å². The Kier molecular flexibility index (Phi) is 4.57. The van der Waals surface area contributed by atoms with Crippen molar-refractivity contribution < 1.29 is 4.79 Å². The van der Waals surface area contributed by atoms with Crippen LogP contribution in [0.15, 0.2) is 12.3 Å². The van der Waals surface area contributed by atoms with E-state index in [1.807, 2.05) is 17.9 Å². The molecule has 1 unspecified atom stereocenters. The number of likely N-dealkylation sites (tertiary alicyclic amines) is 1. The van der Waals surface area contributed by atoms with Gasteiger partial charge >= 0.3 is 0 Å². The molecule has 3 heterocycles.